The number of aliphatic carboxylic acids is 1. The monoisotopic (exact) mass is 389 g/mol. The summed E-state index contributed by atoms with van der Waals surface area (Å²) >= 11 is 0. The highest BCUT2D eigenvalue weighted by atomic mass is 16.5. The molecule has 1 aliphatic rings. The van der Waals surface area contributed by atoms with Gasteiger partial charge in [0, 0.05) is 38.1 Å². The summed E-state index contributed by atoms with van der Waals surface area (Å²) in [6.07, 6.45) is 0.746. The summed E-state index contributed by atoms with van der Waals surface area (Å²) in [5.74, 6) is 0.454. The van der Waals surface area contributed by atoms with Crippen molar-refractivity contribution < 1.29 is 28.7 Å². The van der Waals surface area contributed by atoms with Gasteiger partial charge in [-0.2, -0.15) is 4.98 Å². The van der Waals surface area contributed by atoms with Crippen LogP contribution in [0, 0.1) is 0 Å². The molecule has 9 heteroatoms. The van der Waals surface area contributed by atoms with Crippen molar-refractivity contribution in [1.82, 2.24) is 15.0 Å². The summed E-state index contributed by atoms with van der Waals surface area (Å²) < 4.78 is 15.7. The summed E-state index contributed by atoms with van der Waals surface area (Å²) in [4.78, 5) is 29.6. The number of carbonyl (C=O) groups is 2. The molecule has 1 aromatic carbocycles. The maximum absolute atomic E-state index is 12.6. The first kappa shape index (κ1) is 19.8. The second-order valence-electron chi connectivity index (χ2n) is 6.63. The maximum Gasteiger partial charge on any atom is 0.305 e. The van der Waals surface area contributed by atoms with E-state index in [1.165, 1.54) is 0 Å². The molecule has 2 unspecified atom stereocenters. The minimum absolute atomic E-state index is 0.0895. The van der Waals surface area contributed by atoms with E-state index in [1.807, 2.05) is 12.1 Å². The number of ether oxygens (including phenoxy) is 2. The lowest BCUT2D eigenvalue weighted by atomic mass is 10.1. The molecule has 2 aromatic rings. The lowest BCUT2D eigenvalue weighted by Gasteiger charge is -2.22. The molecule has 2 atom stereocenters. The SMILES string of the molecule is COc1ccc(-c2noc(CCC(=O)N3CC(OC)CC3CC(=O)O)n2)cc1. The summed E-state index contributed by atoms with van der Waals surface area (Å²) in [5.41, 5.74) is 0.783. The standard InChI is InChI=1S/C19H23N3O6/c1-26-14-5-3-12(4-6-14)19-20-16(28-21-19)7-8-17(23)22-11-15(27-2)9-13(22)10-18(24)25/h3-6,13,15H,7-11H2,1-2H3,(H,24,25). The third kappa shape index (κ3) is 4.66. The van der Waals surface area contributed by atoms with Gasteiger partial charge in [0.25, 0.3) is 0 Å². The van der Waals surface area contributed by atoms with Crippen LogP contribution in [-0.4, -0.2) is 64.9 Å². The van der Waals surface area contributed by atoms with Crippen molar-refractivity contribution in [2.45, 2.75) is 37.8 Å². The van der Waals surface area contributed by atoms with Gasteiger partial charge >= 0.3 is 5.97 Å². The van der Waals surface area contributed by atoms with Gasteiger partial charge in [0.05, 0.1) is 19.6 Å². The van der Waals surface area contributed by atoms with Gasteiger partial charge in [-0.1, -0.05) is 5.16 Å². The van der Waals surface area contributed by atoms with Gasteiger partial charge in [-0.05, 0) is 30.7 Å². The minimum atomic E-state index is -0.930. The third-order valence-corrected chi connectivity index (χ3v) is 4.81. The van der Waals surface area contributed by atoms with E-state index in [4.69, 9.17) is 19.1 Å². The summed E-state index contributed by atoms with van der Waals surface area (Å²) in [5, 5.41) is 13.0. The number of methoxy groups -OCH3 is 2. The molecule has 150 valence electrons. The number of carbonyl (C=O) groups excluding carboxylic acids is 1. The normalized spacial score (nSPS) is 19.0. The number of benzene rings is 1. The molecular weight excluding hydrogens is 366 g/mol. The molecule has 28 heavy (non-hydrogen) atoms. The van der Waals surface area contributed by atoms with E-state index in [0.717, 1.165) is 11.3 Å². The van der Waals surface area contributed by atoms with Crippen LogP contribution in [0.25, 0.3) is 11.4 Å². The molecule has 9 nitrogen and oxygen atoms in total. The molecule has 0 bridgehead atoms. The number of aryl methyl sites for hydroxylation is 1. The van der Waals surface area contributed by atoms with Crippen molar-refractivity contribution in [2.75, 3.05) is 20.8 Å². The molecular formula is C19H23N3O6. The number of carboxylic acids is 1. The van der Waals surface area contributed by atoms with Crippen molar-refractivity contribution >= 4 is 11.9 Å². The molecule has 0 spiro atoms. The van der Waals surface area contributed by atoms with Gasteiger partial charge in [-0.15, -0.1) is 0 Å². The van der Waals surface area contributed by atoms with Crippen molar-refractivity contribution in [2.24, 2.45) is 0 Å². The highest BCUT2D eigenvalue weighted by molar-refractivity contribution is 5.78. The molecule has 1 aliphatic heterocycles. The van der Waals surface area contributed by atoms with E-state index < -0.39 is 5.97 Å². The predicted octanol–water partition coefficient (Wildman–Crippen LogP) is 1.77. The second kappa shape index (κ2) is 8.83. The number of carboxylic acid groups (broad SMARTS) is 1. The third-order valence-electron chi connectivity index (χ3n) is 4.81. The minimum Gasteiger partial charge on any atom is -0.497 e. The van der Waals surface area contributed by atoms with E-state index in [9.17, 15) is 9.59 Å². The van der Waals surface area contributed by atoms with Crippen LogP contribution < -0.4 is 4.74 Å². The van der Waals surface area contributed by atoms with Gasteiger partial charge in [0.1, 0.15) is 5.75 Å². The van der Waals surface area contributed by atoms with E-state index in [2.05, 4.69) is 10.1 Å². The van der Waals surface area contributed by atoms with Crippen LogP contribution in [0.4, 0.5) is 0 Å². The number of likely N-dealkylation sites (tertiary alicyclic amines) is 1. The van der Waals surface area contributed by atoms with Gasteiger partial charge in [0.2, 0.25) is 17.6 Å². The summed E-state index contributed by atoms with van der Waals surface area (Å²) in [7, 11) is 3.16. The Morgan fingerprint density at radius 2 is 2.04 bits per heavy atom. The number of hydrogen-bond acceptors (Lipinski definition) is 7. The van der Waals surface area contributed by atoms with E-state index in [0.29, 0.717) is 24.7 Å². The topological polar surface area (TPSA) is 115 Å². The molecule has 2 heterocycles. The first-order valence-corrected chi connectivity index (χ1v) is 9.01. The number of hydrogen-bond donors (Lipinski definition) is 1. The predicted molar refractivity (Wildman–Crippen MR) is 97.8 cm³/mol. The van der Waals surface area contributed by atoms with Gasteiger partial charge in [-0.25, -0.2) is 0 Å². The van der Waals surface area contributed by atoms with Crippen LogP contribution in [0.5, 0.6) is 5.75 Å². The van der Waals surface area contributed by atoms with Crippen LogP contribution in [0.2, 0.25) is 0 Å². The summed E-state index contributed by atoms with van der Waals surface area (Å²) in [6, 6.07) is 6.90. The van der Waals surface area contributed by atoms with Crippen LogP contribution in [0.3, 0.4) is 0 Å². The lowest BCUT2D eigenvalue weighted by Crippen LogP contribution is -2.37. The molecule has 3 rings (SSSR count). The highest BCUT2D eigenvalue weighted by Gasteiger charge is 2.36. The smallest absolute Gasteiger partial charge is 0.305 e. The lowest BCUT2D eigenvalue weighted by molar-refractivity contribution is -0.139. The van der Waals surface area contributed by atoms with E-state index >= 15 is 0 Å². The Balaban J connectivity index is 1.59. The Bertz CT molecular complexity index is 819. The zero-order valence-corrected chi connectivity index (χ0v) is 15.8. The van der Waals surface area contributed by atoms with Crippen molar-refractivity contribution in [3.63, 3.8) is 0 Å². The Labute approximate surface area is 162 Å². The summed E-state index contributed by atoms with van der Waals surface area (Å²) in [6.45, 7) is 0.397. The molecule has 0 aliphatic carbocycles. The average Bonchev–Trinajstić information content (AvgIpc) is 3.33. The molecule has 1 amide bonds. The Morgan fingerprint density at radius 1 is 1.29 bits per heavy atom. The van der Waals surface area contributed by atoms with Crippen LogP contribution in [0.1, 0.15) is 25.2 Å². The molecule has 1 N–H and O–H groups in total. The molecule has 0 saturated carbocycles. The van der Waals surface area contributed by atoms with Crippen LogP contribution in [-0.2, 0) is 20.7 Å². The molecule has 0 radical (unpaired) electrons. The largest absolute Gasteiger partial charge is 0.497 e. The van der Waals surface area contributed by atoms with E-state index in [-0.39, 0.29) is 37.3 Å². The maximum atomic E-state index is 12.6. The Hall–Kier alpha value is -2.94. The fourth-order valence-corrected chi connectivity index (χ4v) is 3.32. The van der Waals surface area contributed by atoms with Crippen molar-refractivity contribution in [1.29, 1.82) is 0 Å². The number of nitrogens with zero attached hydrogens (tertiary/aromatic N) is 3. The molecule has 1 aromatic heterocycles. The zero-order chi connectivity index (χ0) is 20.1. The average molecular weight is 389 g/mol. The van der Waals surface area contributed by atoms with Crippen molar-refractivity contribution in [3.8, 4) is 17.1 Å². The van der Waals surface area contributed by atoms with Crippen LogP contribution in [0.15, 0.2) is 28.8 Å². The first-order valence-electron chi connectivity index (χ1n) is 9.01. The van der Waals surface area contributed by atoms with Crippen molar-refractivity contribution in [3.05, 3.63) is 30.2 Å². The van der Waals surface area contributed by atoms with E-state index in [1.54, 1.807) is 31.3 Å². The Morgan fingerprint density at radius 3 is 2.68 bits per heavy atom. The molecule has 1 saturated heterocycles. The Kier molecular flexibility index (Phi) is 6.25. The quantitative estimate of drug-likeness (QED) is 0.726. The fourth-order valence-electron chi connectivity index (χ4n) is 3.32. The zero-order valence-electron chi connectivity index (χ0n) is 15.8. The number of aromatic nitrogens is 2. The highest BCUT2D eigenvalue weighted by Crippen LogP contribution is 2.24. The number of amides is 1. The molecule has 1 fully saturated rings. The van der Waals surface area contributed by atoms with Gasteiger partial charge < -0.3 is 24.0 Å². The first-order chi connectivity index (χ1) is 13.5. The fraction of sp³-hybridized carbons (Fsp3) is 0.474. The van der Waals surface area contributed by atoms with Gasteiger partial charge in [0.15, 0.2) is 0 Å². The van der Waals surface area contributed by atoms with Crippen LogP contribution >= 0.6 is 0 Å². The number of rotatable bonds is 8. The second-order valence-corrected chi connectivity index (χ2v) is 6.63. The van der Waals surface area contributed by atoms with Gasteiger partial charge in [-0.3, -0.25) is 9.59 Å².